The van der Waals surface area contributed by atoms with Crippen LogP contribution in [0.25, 0.3) is 0 Å². The fourth-order valence-corrected chi connectivity index (χ4v) is 3.33. The summed E-state index contributed by atoms with van der Waals surface area (Å²) in [7, 11) is 0. The van der Waals surface area contributed by atoms with Gasteiger partial charge in [-0.05, 0) is 51.3 Å². The highest BCUT2D eigenvalue weighted by molar-refractivity contribution is 5.15. The summed E-state index contributed by atoms with van der Waals surface area (Å²) in [5.41, 5.74) is 2.45. The van der Waals surface area contributed by atoms with Gasteiger partial charge in [0.15, 0.2) is 0 Å². The molecule has 98 valence electrons. The molecule has 3 nitrogen and oxygen atoms in total. The second-order valence-electron chi connectivity index (χ2n) is 5.89. The normalized spacial score (nSPS) is 24.8. The van der Waals surface area contributed by atoms with Crippen LogP contribution >= 0.6 is 0 Å². The Morgan fingerprint density at radius 1 is 1.22 bits per heavy atom. The van der Waals surface area contributed by atoms with Crippen LogP contribution in [0.4, 0.5) is 0 Å². The number of hydrogen-bond acceptors (Lipinski definition) is 3. The quantitative estimate of drug-likeness (QED) is 0.889. The van der Waals surface area contributed by atoms with Gasteiger partial charge in [0.2, 0.25) is 0 Å². The van der Waals surface area contributed by atoms with Crippen molar-refractivity contribution in [2.24, 2.45) is 5.92 Å². The molecular formula is C15H23N3. The second kappa shape index (κ2) is 5.35. The summed E-state index contributed by atoms with van der Waals surface area (Å²) in [6.45, 7) is 4.40. The molecule has 1 aliphatic carbocycles. The minimum Gasteiger partial charge on any atom is -0.316 e. The van der Waals surface area contributed by atoms with Crippen molar-refractivity contribution in [2.45, 2.75) is 51.4 Å². The molecule has 18 heavy (non-hydrogen) atoms. The van der Waals surface area contributed by atoms with Crippen LogP contribution in [-0.4, -0.2) is 23.1 Å². The molecule has 0 spiro atoms. The van der Waals surface area contributed by atoms with Crippen molar-refractivity contribution in [1.82, 2.24) is 15.3 Å². The Morgan fingerprint density at radius 3 is 2.78 bits per heavy atom. The molecule has 1 N–H and O–H groups in total. The fraction of sp³-hybridized carbons (Fsp3) is 0.733. The molecule has 1 aliphatic heterocycles. The van der Waals surface area contributed by atoms with Gasteiger partial charge in [-0.25, -0.2) is 9.97 Å². The lowest BCUT2D eigenvalue weighted by molar-refractivity contribution is 0.554. The van der Waals surface area contributed by atoms with E-state index in [1.807, 2.05) is 0 Å². The SMILES string of the molecule is Cc1cc(C2CCCC2)nc(CC2CCNC2)n1. The van der Waals surface area contributed by atoms with Crippen molar-refractivity contribution in [3.63, 3.8) is 0 Å². The van der Waals surface area contributed by atoms with Crippen molar-refractivity contribution in [1.29, 1.82) is 0 Å². The van der Waals surface area contributed by atoms with Crippen molar-refractivity contribution in [3.05, 3.63) is 23.3 Å². The van der Waals surface area contributed by atoms with E-state index >= 15 is 0 Å². The van der Waals surface area contributed by atoms with Crippen molar-refractivity contribution >= 4 is 0 Å². The van der Waals surface area contributed by atoms with E-state index in [4.69, 9.17) is 4.98 Å². The maximum Gasteiger partial charge on any atom is 0.129 e. The summed E-state index contributed by atoms with van der Waals surface area (Å²) in [6.07, 6.45) is 7.71. The van der Waals surface area contributed by atoms with E-state index in [9.17, 15) is 0 Å². The number of nitrogens with zero attached hydrogens (tertiary/aromatic N) is 2. The molecule has 0 aromatic carbocycles. The Bertz CT molecular complexity index is 404. The zero-order valence-electron chi connectivity index (χ0n) is 11.3. The average Bonchev–Trinajstić information content (AvgIpc) is 3.00. The molecule has 3 heteroatoms. The van der Waals surface area contributed by atoms with Crippen LogP contribution in [0.3, 0.4) is 0 Å². The van der Waals surface area contributed by atoms with Gasteiger partial charge in [-0.15, -0.1) is 0 Å². The lowest BCUT2D eigenvalue weighted by atomic mass is 10.0. The third kappa shape index (κ3) is 2.72. The van der Waals surface area contributed by atoms with E-state index in [0.29, 0.717) is 5.92 Å². The van der Waals surface area contributed by atoms with Crippen LogP contribution in [0, 0.1) is 12.8 Å². The zero-order chi connectivity index (χ0) is 12.4. The third-order valence-electron chi connectivity index (χ3n) is 4.33. The van der Waals surface area contributed by atoms with Gasteiger partial charge in [-0.3, -0.25) is 0 Å². The third-order valence-corrected chi connectivity index (χ3v) is 4.33. The Hall–Kier alpha value is -0.960. The second-order valence-corrected chi connectivity index (χ2v) is 5.89. The van der Waals surface area contributed by atoms with E-state index in [-0.39, 0.29) is 0 Å². The minimum atomic E-state index is 0.701. The Morgan fingerprint density at radius 2 is 2.06 bits per heavy atom. The Balaban J connectivity index is 1.76. The summed E-state index contributed by atoms with van der Waals surface area (Å²) < 4.78 is 0. The highest BCUT2D eigenvalue weighted by atomic mass is 14.9. The number of rotatable bonds is 3. The summed E-state index contributed by atoms with van der Waals surface area (Å²) in [6, 6.07) is 2.20. The number of aryl methyl sites for hydroxylation is 1. The predicted octanol–water partition coefficient (Wildman–Crippen LogP) is 2.59. The van der Waals surface area contributed by atoms with Crippen molar-refractivity contribution in [2.75, 3.05) is 13.1 Å². The summed E-state index contributed by atoms with van der Waals surface area (Å²) in [5, 5.41) is 3.42. The van der Waals surface area contributed by atoms with Crippen LogP contribution in [0.15, 0.2) is 6.07 Å². The van der Waals surface area contributed by atoms with E-state index < -0.39 is 0 Å². The van der Waals surface area contributed by atoms with Crippen LogP contribution in [-0.2, 0) is 6.42 Å². The van der Waals surface area contributed by atoms with Crippen LogP contribution in [0.2, 0.25) is 0 Å². The standard InChI is InChI=1S/C15H23N3/c1-11-8-14(13-4-2-3-5-13)18-15(17-11)9-12-6-7-16-10-12/h8,12-13,16H,2-7,9-10H2,1H3. The molecule has 0 radical (unpaired) electrons. The highest BCUT2D eigenvalue weighted by Gasteiger charge is 2.21. The average molecular weight is 245 g/mol. The van der Waals surface area contributed by atoms with Gasteiger partial charge >= 0.3 is 0 Å². The minimum absolute atomic E-state index is 0.701. The van der Waals surface area contributed by atoms with E-state index in [2.05, 4.69) is 23.3 Å². The number of hydrogen-bond donors (Lipinski definition) is 1. The molecular weight excluding hydrogens is 222 g/mol. The molecule has 1 saturated heterocycles. The Labute approximate surface area is 109 Å². The summed E-state index contributed by atoms with van der Waals surface area (Å²) in [5.74, 6) is 2.51. The number of nitrogens with one attached hydrogen (secondary N) is 1. The number of aromatic nitrogens is 2. The van der Waals surface area contributed by atoms with Gasteiger partial charge in [0.05, 0.1) is 0 Å². The van der Waals surface area contributed by atoms with Gasteiger partial charge in [0, 0.05) is 23.7 Å². The van der Waals surface area contributed by atoms with E-state index in [0.717, 1.165) is 36.9 Å². The lowest BCUT2D eigenvalue weighted by Gasteiger charge is -2.13. The molecule has 0 bridgehead atoms. The maximum absolute atomic E-state index is 4.84. The largest absolute Gasteiger partial charge is 0.316 e. The molecule has 3 rings (SSSR count). The summed E-state index contributed by atoms with van der Waals surface area (Å²) in [4.78, 5) is 9.47. The van der Waals surface area contributed by atoms with Gasteiger partial charge in [-0.1, -0.05) is 12.8 Å². The Kier molecular flexibility index (Phi) is 3.59. The van der Waals surface area contributed by atoms with E-state index in [1.165, 1.54) is 37.8 Å². The predicted molar refractivity (Wildman–Crippen MR) is 72.7 cm³/mol. The first-order valence-corrected chi connectivity index (χ1v) is 7.36. The molecule has 1 aromatic rings. The van der Waals surface area contributed by atoms with Crippen molar-refractivity contribution in [3.8, 4) is 0 Å². The molecule has 2 fully saturated rings. The molecule has 0 amide bonds. The summed E-state index contributed by atoms with van der Waals surface area (Å²) >= 11 is 0. The first kappa shape index (κ1) is 12.1. The van der Waals surface area contributed by atoms with Crippen LogP contribution < -0.4 is 5.32 Å². The monoisotopic (exact) mass is 245 g/mol. The highest BCUT2D eigenvalue weighted by Crippen LogP contribution is 2.33. The van der Waals surface area contributed by atoms with E-state index in [1.54, 1.807) is 0 Å². The smallest absolute Gasteiger partial charge is 0.129 e. The van der Waals surface area contributed by atoms with Gasteiger partial charge < -0.3 is 5.32 Å². The zero-order valence-corrected chi connectivity index (χ0v) is 11.3. The maximum atomic E-state index is 4.84. The van der Waals surface area contributed by atoms with Crippen molar-refractivity contribution < 1.29 is 0 Å². The first-order valence-electron chi connectivity index (χ1n) is 7.36. The lowest BCUT2D eigenvalue weighted by Crippen LogP contribution is -2.13. The fourth-order valence-electron chi connectivity index (χ4n) is 3.33. The molecule has 2 heterocycles. The van der Waals surface area contributed by atoms with Crippen LogP contribution in [0.1, 0.15) is 55.2 Å². The topological polar surface area (TPSA) is 37.8 Å². The van der Waals surface area contributed by atoms with Gasteiger partial charge in [0.1, 0.15) is 5.82 Å². The first-order chi connectivity index (χ1) is 8.81. The molecule has 1 saturated carbocycles. The molecule has 1 atom stereocenters. The van der Waals surface area contributed by atoms with Crippen LogP contribution in [0.5, 0.6) is 0 Å². The van der Waals surface area contributed by atoms with Gasteiger partial charge in [0.25, 0.3) is 0 Å². The molecule has 1 unspecified atom stereocenters. The molecule has 2 aliphatic rings. The van der Waals surface area contributed by atoms with Gasteiger partial charge in [-0.2, -0.15) is 0 Å². The molecule has 1 aromatic heterocycles.